The largest absolute Gasteiger partial charge is 0.399 e. The molecule has 0 aliphatic heterocycles. The van der Waals surface area contributed by atoms with E-state index in [1.807, 2.05) is 38.4 Å². The van der Waals surface area contributed by atoms with E-state index < -0.39 is 0 Å². The maximum absolute atomic E-state index is 6.15. The summed E-state index contributed by atoms with van der Waals surface area (Å²) in [4.78, 5) is 8.60. The number of nitrogens with one attached hydrogen (secondary N) is 2. The molecule has 3 aromatic rings. The highest BCUT2D eigenvalue weighted by Gasteiger charge is 2.08. The molecule has 118 valence electrons. The van der Waals surface area contributed by atoms with Crippen LogP contribution in [0.3, 0.4) is 0 Å². The second kappa shape index (κ2) is 6.13. The zero-order valence-corrected chi connectivity index (χ0v) is 13.5. The zero-order chi connectivity index (χ0) is 16.4. The van der Waals surface area contributed by atoms with Crippen LogP contribution in [0.4, 0.5) is 28.8 Å². The quantitative estimate of drug-likeness (QED) is 0.636. The number of aryl methyl sites for hydroxylation is 2. The Morgan fingerprint density at radius 3 is 2.78 bits per heavy atom. The lowest BCUT2D eigenvalue weighted by atomic mass is 10.2. The molecule has 2 aromatic heterocycles. The molecule has 0 aliphatic rings. The molecule has 8 heteroatoms. The topological polar surface area (TPSA) is 93.7 Å². The van der Waals surface area contributed by atoms with Gasteiger partial charge in [0.2, 0.25) is 5.95 Å². The third-order valence-corrected chi connectivity index (χ3v) is 3.50. The van der Waals surface area contributed by atoms with E-state index in [0.717, 1.165) is 16.9 Å². The first-order chi connectivity index (χ1) is 11.0. The van der Waals surface area contributed by atoms with E-state index in [0.29, 0.717) is 22.5 Å². The summed E-state index contributed by atoms with van der Waals surface area (Å²) in [6.45, 7) is 1.98. The van der Waals surface area contributed by atoms with Crippen molar-refractivity contribution in [1.82, 2.24) is 19.7 Å². The first-order valence-corrected chi connectivity index (χ1v) is 7.30. The molecule has 0 bridgehead atoms. The van der Waals surface area contributed by atoms with Crippen molar-refractivity contribution in [3.8, 4) is 0 Å². The van der Waals surface area contributed by atoms with Crippen molar-refractivity contribution in [1.29, 1.82) is 0 Å². The first kappa shape index (κ1) is 15.1. The molecule has 0 spiro atoms. The molecule has 0 unspecified atom stereocenters. The summed E-state index contributed by atoms with van der Waals surface area (Å²) < 4.78 is 1.69. The maximum Gasteiger partial charge on any atom is 0.229 e. The number of rotatable bonds is 4. The van der Waals surface area contributed by atoms with Crippen LogP contribution in [0.15, 0.2) is 36.8 Å². The lowest BCUT2D eigenvalue weighted by Gasteiger charge is -2.11. The van der Waals surface area contributed by atoms with Gasteiger partial charge in [0.05, 0.1) is 18.1 Å². The molecule has 0 saturated carbocycles. The van der Waals surface area contributed by atoms with E-state index in [-0.39, 0.29) is 0 Å². The van der Waals surface area contributed by atoms with Crippen LogP contribution in [0.1, 0.15) is 5.56 Å². The number of hydrogen-bond acceptors (Lipinski definition) is 6. The fourth-order valence-corrected chi connectivity index (χ4v) is 2.17. The van der Waals surface area contributed by atoms with Gasteiger partial charge in [-0.05, 0) is 24.6 Å². The Morgan fingerprint density at radius 2 is 2.04 bits per heavy atom. The SMILES string of the molecule is Cc1ccc(N)cc1Nc1ncc(Cl)c(Nc2cnn(C)c2)n1. The summed E-state index contributed by atoms with van der Waals surface area (Å²) in [5.41, 5.74) is 9.16. The second-order valence-corrected chi connectivity index (χ2v) is 5.52. The molecule has 0 amide bonds. The Labute approximate surface area is 138 Å². The number of anilines is 5. The number of aromatic nitrogens is 4. The van der Waals surface area contributed by atoms with Crippen molar-refractivity contribution in [2.24, 2.45) is 7.05 Å². The van der Waals surface area contributed by atoms with Crippen molar-refractivity contribution < 1.29 is 0 Å². The minimum Gasteiger partial charge on any atom is -0.399 e. The molecule has 0 saturated heterocycles. The second-order valence-electron chi connectivity index (χ2n) is 5.12. The molecule has 7 nitrogen and oxygen atoms in total. The van der Waals surface area contributed by atoms with Gasteiger partial charge in [-0.2, -0.15) is 10.1 Å². The predicted octanol–water partition coefficient (Wildman–Crippen LogP) is 3.24. The van der Waals surface area contributed by atoms with Crippen LogP contribution >= 0.6 is 11.6 Å². The summed E-state index contributed by atoms with van der Waals surface area (Å²) in [6.07, 6.45) is 5.05. The summed E-state index contributed by atoms with van der Waals surface area (Å²) in [7, 11) is 1.84. The average Bonchev–Trinajstić information content (AvgIpc) is 2.92. The normalized spacial score (nSPS) is 10.6. The fraction of sp³-hybridized carbons (Fsp3) is 0.133. The third kappa shape index (κ3) is 3.51. The number of nitrogens with zero attached hydrogens (tertiary/aromatic N) is 4. The number of benzene rings is 1. The van der Waals surface area contributed by atoms with Gasteiger partial charge in [0.1, 0.15) is 5.02 Å². The van der Waals surface area contributed by atoms with Crippen LogP contribution in [-0.2, 0) is 7.05 Å². The molecule has 1 aromatic carbocycles. The predicted molar refractivity (Wildman–Crippen MR) is 92.4 cm³/mol. The summed E-state index contributed by atoms with van der Waals surface area (Å²) in [5.74, 6) is 0.924. The van der Waals surface area contributed by atoms with E-state index >= 15 is 0 Å². The number of nitrogens with two attached hydrogens (primary N) is 1. The van der Waals surface area contributed by atoms with Crippen LogP contribution in [-0.4, -0.2) is 19.7 Å². The molecule has 0 aliphatic carbocycles. The van der Waals surface area contributed by atoms with Gasteiger partial charge >= 0.3 is 0 Å². The summed E-state index contributed by atoms with van der Waals surface area (Å²) in [5, 5.41) is 10.8. The van der Waals surface area contributed by atoms with Crippen molar-refractivity contribution in [2.45, 2.75) is 6.92 Å². The minimum atomic E-state index is 0.420. The molecular formula is C15H16ClN7. The fourth-order valence-electron chi connectivity index (χ4n) is 2.03. The first-order valence-electron chi connectivity index (χ1n) is 6.92. The van der Waals surface area contributed by atoms with E-state index in [2.05, 4.69) is 25.7 Å². The van der Waals surface area contributed by atoms with Gasteiger partial charge < -0.3 is 16.4 Å². The molecule has 4 N–H and O–H groups in total. The van der Waals surface area contributed by atoms with Crippen molar-refractivity contribution >= 4 is 40.4 Å². The molecule has 0 fully saturated rings. The molecular weight excluding hydrogens is 314 g/mol. The van der Waals surface area contributed by atoms with Crippen LogP contribution < -0.4 is 16.4 Å². The summed E-state index contributed by atoms with van der Waals surface area (Å²) >= 11 is 6.15. The van der Waals surface area contributed by atoms with E-state index in [1.54, 1.807) is 10.9 Å². The monoisotopic (exact) mass is 329 g/mol. The molecule has 0 radical (unpaired) electrons. The Bertz CT molecular complexity index is 844. The Balaban J connectivity index is 1.86. The van der Waals surface area contributed by atoms with Gasteiger partial charge in [0.15, 0.2) is 5.82 Å². The number of nitrogen functional groups attached to an aromatic ring is 1. The Morgan fingerprint density at radius 1 is 1.22 bits per heavy atom. The van der Waals surface area contributed by atoms with Crippen molar-refractivity contribution in [3.63, 3.8) is 0 Å². The zero-order valence-electron chi connectivity index (χ0n) is 12.7. The minimum absolute atomic E-state index is 0.420. The molecule has 3 rings (SSSR count). The van der Waals surface area contributed by atoms with Gasteiger partial charge in [-0.25, -0.2) is 4.98 Å². The standard InChI is InChI=1S/C15H16ClN7/c1-9-3-4-10(17)5-13(9)21-15-18-7-12(16)14(22-15)20-11-6-19-23(2)8-11/h3-8H,17H2,1-2H3,(H2,18,20,21,22). The highest BCUT2D eigenvalue weighted by molar-refractivity contribution is 6.32. The average molecular weight is 330 g/mol. The van der Waals surface area contributed by atoms with E-state index in [4.69, 9.17) is 17.3 Å². The molecule has 2 heterocycles. The highest BCUT2D eigenvalue weighted by atomic mass is 35.5. The van der Waals surface area contributed by atoms with Crippen LogP contribution in [0.2, 0.25) is 5.02 Å². The third-order valence-electron chi connectivity index (χ3n) is 3.22. The van der Waals surface area contributed by atoms with Crippen molar-refractivity contribution in [3.05, 3.63) is 47.4 Å². The van der Waals surface area contributed by atoms with Crippen LogP contribution in [0.5, 0.6) is 0 Å². The number of halogens is 1. The van der Waals surface area contributed by atoms with E-state index in [1.165, 1.54) is 6.20 Å². The summed E-state index contributed by atoms with van der Waals surface area (Å²) in [6, 6.07) is 5.61. The maximum atomic E-state index is 6.15. The number of hydrogen-bond donors (Lipinski definition) is 3. The van der Waals surface area contributed by atoms with E-state index in [9.17, 15) is 0 Å². The highest BCUT2D eigenvalue weighted by Crippen LogP contribution is 2.26. The Hall–Kier alpha value is -2.80. The van der Waals surface area contributed by atoms with Crippen LogP contribution in [0, 0.1) is 6.92 Å². The molecule has 23 heavy (non-hydrogen) atoms. The smallest absolute Gasteiger partial charge is 0.229 e. The van der Waals surface area contributed by atoms with Gasteiger partial charge in [0.25, 0.3) is 0 Å². The van der Waals surface area contributed by atoms with Crippen molar-refractivity contribution in [2.75, 3.05) is 16.4 Å². The Kier molecular flexibility index (Phi) is 4.03. The van der Waals surface area contributed by atoms with Gasteiger partial charge in [-0.3, -0.25) is 4.68 Å². The van der Waals surface area contributed by atoms with Gasteiger partial charge in [0, 0.05) is 24.6 Å². The lowest BCUT2D eigenvalue weighted by molar-refractivity contribution is 0.768. The van der Waals surface area contributed by atoms with Crippen LogP contribution in [0.25, 0.3) is 0 Å². The lowest BCUT2D eigenvalue weighted by Crippen LogP contribution is -2.02. The van der Waals surface area contributed by atoms with Gasteiger partial charge in [-0.15, -0.1) is 0 Å². The molecule has 0 atom stereocenters. The van der Waals surface area contributed by atoms with Gasteiger partial charge in [-0.1, -0.05) is 17.7 Å².